The molecule has 1 unspecified atom stereocenters. The zero-order chi connectivity index (χ0) is 12.3. The van der Waals surface area contributed by atoms with E-state index in [0.717, 1.165) is 24.0 Å². The van der Waals surface area contributed by atoms with Gasteiger partial charge in [-0.3, -0.25) is 9.89 Å². The normalized spacial score (nSPS) is 12.4. The SMILES string of the molecule is CCC(C)c1ccc(-c2cc(C=O)[nH]n2)cc1. The van der Waals surface area contributed by atoms with Crippen molar-refractivity contribution >= 4 is 6.29 Å². The lowest BCUT2D eigenvalue weighted by atomic mass is 9.97. The van der Waals surface area contributed by atoms with Gasteiger partial charge in [0.05, 0.1) is 11.4 Å². The topological polar surface area (TPSA) is 45.8 Å². The van der Waals surface area contributed by atoms with Crippen LogP contribution in [0.15, 0.2) is 30.3 Å². The Morgan fingerprint density at radius 2 is 2.06 bits per heavy atom. The molecule has 88 valence electrons. The van der Waals surface area contributed by atoms with E-state index in [9.17, 15) is 4.79 Å². The molecular weight excluding hydrogens is 212 g/mol. The summed E-state index contributed by atoms with van der Waals surface area (Å²) in [4.78, 5) is 10.6. The lowest BCUT2D eigenvalue weighted by molar-refractivity contribution is 0.111. The molecule has 0 spiro atoms. The number of carbonyl (C=O) groups is 1. The highest BCUT2D eigenvalue weighted by Crippen LogP contribution is 2.23. The summed E-state index contributed by atoms with van der Waals surface area (Å²) in [5.41, 5.74) is 3.68. The lowest BCUT2D eigenvalue weighted by Crippen LogP contribution is -1.90. The number of rotatable bonds is 4. The van der Waals surface area contributed by atoms with Crippen molar-refractivity contribution in [2.24, 2.45) is 0 Å². The first-order valence-corrected chi connectivity index (χ1v) is 5.85. The predicted octanol–water partition coefficient (Wildman–Crippen LogP) is 3.40. The third-order valence-electron chi connectivity index (χ3n) is 3.11. The van der Waals surface area contributed by atoms with Crippen molar-refractivity contribution in [2.75, 3.05) is 0 Å². The molecule has 0 radical (unpaired) electrons. The maximum Gasteiger partial charge on any atom is 0.167 e. The molecule has 0 aliphatic carbocycles. The van der Waals surface area contributed by atoms with Gasteiger partial charge in [0, 0.05) is 5.56 Å². The Labute approximate surface area is 101 Å². The van der Waals surface area contributed by atoms with Crippen molar-refractivity contribution in [3.63, 3.8) is 0 Å². The Morgan fingerprint density at radius 1 is 1.35 bits per heavy atom. The Kier molecular flexibility index (Phi) is 3.38. The molecule has 17 heavy (non-hydrogen) atoms. The van der Waals surface area contributed by atoms with E-state index in [1.807, 2.05) is 12.1 Å². The fourth-order valence-electron chi connectivity index (χ4n) is 1.76. The average molecular weight is 228 g/mol. The number of nitrogens with zero attached hydrogens (tertiary/aromatic N) is 1. The molecule has 0 bridgehead atoms. The summed E-state index contributed by atoms with van der Waals surface area (Å²) >= 11 is 0. The number of hydrogen-bond acceptors (Lipinski definition) is 2. The molecule has 0 fully saturated rings. The highest BCUT2D eigenvalue weighted by Gasteiger charge is 2.05. The van der Waals surface area contributed by atoms with Crippen LogP contribution >= 0.6 is 0 Å². The van der Waals surface area contributed by atoms with Gasteiger partial charge in [-0.1, -0.05) is 38.1 Å². The highest BCUT2D eigenvalue weighted by atomic mass is 16.1. The largest absolute Gasteiger partial charge is 0.296 e. The number of hydrogen-bond donors (Lipinski definition) is 1. The minimum absolute atomic E-state index is 0.506. The van der Waals surface area contributed by atoms with Gasteiger partial charge in [-0.15, -0.1) is 0 Å². The number of aldehydes is 1. The van der Waals surface area contributed by atoms with Crippen molar-refractivity contribution in [2.45, 2.75) is 26.2 Å². The Morgan fingerprint density at radius 3 is 2.59 bits per heavy atom. The molecule has 2 rings (SSSR count). The van der Waals surface area contributed by atoms with Crippen molar-refractivity contribution < 1.29 is 4.79 Å². The van der Waals surface area contributed by atoms with Crippen LogP contribution in [0.4, 0.5) is 0 Å². The quantitative estimate of drug-likeness (QED) is 0.815. The maximum absolute atomic E-state index is 10.6. The Hall–Kier alpha value is -1.90. The summed E-state index contributed by atoms with van der Waals surface area (Å²) in [6.45, 7) is 4.40. The van der Waals surface area contributed by atoms with Crippen LogP contribution in [-0.2, 0) is 0 Å². The van der Waals surface area contributed by atoms with E-state index in [-0.39, 0.29) is 0 Å². The summed E-state index contributed by atoms with van der Waals surface area (Å²) < 4.78 is 0. The van der Waals surface area contributed by atoms with Crippen LogP contribution in [0.5, 0.6) is 0 Å². The van der Waals surface area contributed by atoms with E-state index in [0.29, 0.717) is 11.6 Å². The lowest BCUT2D eigenvalue weighted by Gasteiger charge is -2.08. The molecule has 0 saturated carbocycles. The molecular formula is C14H16N2O. The molecule has 1 heterocycles. The molecule has 1 aromatic carbocycles. The van der Waals surface area contributed by atoms with Crippen LogP contribution in [-0.4, -0.2) is 16.5 Å². The van der Waals surface area contributed by atoms with Gasteiger partial charge in [-0.2, -0.15) is 5.10 Å². The van der Waals surface area contributed by atoms with Gasteiger partial charge >= 0.3 is 0 Å². The van der Waals surface area contributed by atoms with E-state index in [1.165, 1.54) is 5.56 Å². The van der Waals surface area contributed by atoms with Crippen molar-refractivity contribution in [3.05, 3.63) is 41.6 Å². The van der Waals surface area contributed by atoms with Crippen LogP contribution in [0, 0.1) is 0 Å². The molecule has 1 atom stereocenters. The molecule has 3 nitrogen and oxygen atoms in total. The van der Waals surface area contributed by atoms with E-state index in [4.69, 9.17) is 0 Å². The fourth-order valence-corrected chi connectivity index (χ4v) is 1.76. The molecule has 0 saturated heterocycles. The molecule has 1 N–H and O–H groups in total. The second kappa shape index (κ2) is 4.95. The standard InChI is InChI=1S/C14H16N2O/c1-3-10(2)11-4-6-12(7-5-11)14-8-13(9-17)15-16-14/h4-10H,3H2,1-2H3,(H,15,16). The predicted molar refractivity (Wildman–Crippen MR) is 68.1 cm³/mol. The number of benzene rings is 1. The number of carbonyl (C=O) groups excluding carboxylic acids is 1. The van der Waals surface area contributed by atoms with Crippen LogP contribution in [0.3, 0.4) is 0 Å². The summed E-state index contributed by atoms with van der Waals surface area (Å²) in [7, 11) is 0. The first-order chi connectivity index (χ1) is 8.24. The number of aromatic amines is 1. The van der Waals surface area contributed by atoms with Crippen molar-refractivity contribution in [1.82, 2.24) is 10.2 Å². The second-order valence-corrected chi connectivity index (χ2v) is 4.26. The summed E-state index contributed by atoms with van der Waals surface area (Å²) in [5, 5.41) is 6.78. The number of H-pyrrole nitrogens is 1. The first-order valence-electron chi connectivity index (χ1n) is 5.85. The van der Waals surface area contributed by atoms with Crippen LogP contribution < -0.4 is 0 Å². The van der Waals surface area contributed by atoms with E-state index >= 15 is 0 Å². The minimum atomic E-state index is 0.506. The maximum atomic E-state index is 10.6. The summed E-state index contributed by atoms with van der Waals surface area (Å²) in [6.07, 6.45) is 1.90. The monoisotopic (exact) mass is 228 g/mol. The summed E-state index contributed by atoms with van der Waals surface area (Å²) in [5.74, 6) is 0.578. The van der Waals surface area contributed by atoms with Crippen LogP contribution in [0.25, 0.3) is 11.3 Å². The van der Waals surface area contributed by atoms with Crippen LogP contribution in [0.2, 0.25) is 0 Å². The van der Waals surface area contributed by atoms with E-state index in [2.05, 4.69) is 36.2 Å². The smallest absolute Gasteiger partial charge is 0.167 e. The third-order valence-corrected chi connectivity index (χ3v) is 3.11. The molecule has 1 aromatic heterocycles. The van der Waals surface area contributed by atoms with Crippen molar-refractivity contribution in [1.29, 1.82) is 0 Å². The molecule has 0 aliphatic rings. The Balaban J connectivity index is 2.25. The highest BCUT2D eigenvalue weighted by molar-refractivity contribution is 5.75. The molecule has 0 amide bonds. The van der Waals surface area contributed by atoms with Gasteiger partial charge in [0.2, 0.25) is 0 Å². The molecule has 3 heteroatoms. The molecule has 0 aliphatic heterocycles. The van der Waals surface area contributed by atoms with Gasteiger partial charge in [0.15, 0.2) is 6.29 Å². The van der Waals surface area contributed by atoms with Gasteiger partial charge < -0.3 is 0 Å². The van der Waals surface area contributed by atoms with Crippen molar-refractivity contribution in [3.8, 4) is 11.3 Å². The zero-order valence-electron chi connectivity index (χ0n) is 10.1. The molecule has 2 aromatic rings. The number of nitrogens with one attached hydrogen (secondary N) is 1. The fraction of sp³-hybridized carbons (Fsp3) is 0.286. The minimum Gasteiger partial charge on any atom is -0.296 e. The van der Waals surface area contributed by atoms with E-state index < -0.39 is 0 Å². The first kappa shape index (κ1) is 11.6. The van der Waals surface area contributed by atoms with Gasteiger partial charge in [0.25, 0.3) is 0 Å². The number of aromatic nitrogens is 2. The van der Waals surface area contributed by atoms with Crippen LogP contribution in [0.1, 0.15) is 42.2 Å². The zero-order valence-corrected chi connectivity index (χ0v) is 10.1. The van der Waals surface area contributed by atoms with E-state index in [1.54, 1.807) is 6.07 Å². The van der Waals surface area contributed by atoms with Gasteiger partial charge in [0.1, 0.15) is 0 Å². The Bertz CT molecular complexity index is 499. The second-order valence-electron chi connectivity index (χ2n) is 4.26. The van der Waals surface area contributed by atoms with Gasteiger partial charge in [-0.25, -0.2) is 0 Å². The average Bonchev–Trinajstić information content (AvgIpc) is 2.87. The third kappa shape index (κ3) is 2.44. The van der Waals surface area contributed by atoms with Gasteiger partial charge in [-0.05, 0) is 24.0 Å². The summed E-state index contributed by atoms with van der Waals surface area (Å²) in [6, 6.07) is 10.1.